The number of nitrogens with zero attached hydrogens (tertiary/aromatic N) is 2. The summed E-state index contributed by atoms with van der Waals surface area (Å²) < 4.78 is 5.59. The fourth-order valence-corrected chi connectivity index (χ4v) is 2.45. The van der Waals surface area contributed by atoms with Crippen LogP contribution in [0.25, 0.3) is 0 Å². The molecule has 2 rings (SSSR count). The van der Waals surface area contributed by atoms with Crippen LogP contribution < -0.4 is 4.90 Å². The Morgan fingerprint density at radius 2 is 2.42 bits per heavy atom. The van der Waals surface area contributed by atoms with E-state index in [0.717, 1.165) is 25.2 Å². The maximum Gasteiger partial charge on any atom is 0.271 e. The van der Waals surface area contributed by atoms with Crippen LogP contribution in [0.15, 0.2) is 30.9 Å². The van der Waals surface area contributed by atoms with Crippen LogP contribution in [0.2, 0.25) is 5.02 Å². The normalized spacial score (nSPS) is 18.6. The van der Waals surface area contributed by atoms with E-state index in [-0.39, 0.29) is 11.8 Å². The summed E-state index contributed by atoms with van der Waals surface area (Å²) >= 11 is 6.10. The van der Waals surface area contributed by atoms with Crippen molar-refractivity contribution < 1.29 is 9.66 Å². The predicted octanol–water partition coefficient (Wildman–Crippen LogP) is 3.03. The van der Waals surface area contributed by atoms with Crippen molar-refractivity contribution in [1.82, 2.24) is 0 Å². The van der Waals surface area contributed by atoms with Crippen molar-refractivity contribution in [2.45, 2.75) is 12.5 Å². The molecule has 0 bridgehead atoms. The first-order valence-electron chi connectivity index (χ1n) is 6.03. The minimum absolute atomic E-state index is 0.00686. The maximum absolute atomic E-state index is 10.7. The van der Waals surface area contributed by atoms with Gasteiger partial charge in [0.15, 0.2) is 0 Å². The molecule has 1 aliphatic rings. The highest BCUT2D eigenvalue weighted by atomic mass is 35.5. The van der Waals surface area contributed by atoms with Crippen LogP contribution in [0.1, 0.15) is 6.42 Å². The number of non-ortho nitro benzene ring substituents is 1. The minimum Gasteiger partial charge on any atom is -0.372 e. The van der Waals surface area contributed by atoms with Gasteiger partial charge in [-0.2, -0.15) is 0 Å². The van der Waals surface area contributed by atoms with Crippen LogP contribution in [-0.2, 0) is 4.74 Å². The molecular formula is C13H15ClN2O3. The Kier molecular flexibility index (Phi) is 4.39. The summed E-state index contributed by atoms with van der Waals surface area (Å²) in [7, 11) is 0. The lowest BCUT2D eigenvalue weighted by atomic mass is 10.2. The second-order valence-corrected chi connectivity index (χ2v) is 4.78. The Morgan fingerprint density at radius 3 is 3.05 bits per heavy atom. The van der Waals surface area contributed by atoms with Gasteiger partial charge in [-0.1, -0.05) is 17.7 Å². The molecule has 19 heavy (non-hydrogen) atoms. The lowest BCUT2D eigenvalue weighted by Gasteiger charge is -2.19. The Balaban J connectivity index is 2.07. The number of anilines is 1. The fourth-order valence-electron chi connectivity index (χ4n) is 2.15. The molecule has 5 nitrogen and oxygen atoms in total. The van der Waals surface area contributed by atoms with Gasteiger partial charge in [-0.05, 0) is 12.5 Å². The van der Waals surface area contributed by atoms with Crippen LogP contribution in [0.3, 0.4) is 0 Å². The Labute approximate surface area is 116 Å². The molecule has 0 spiro atoms. The van der Waals surface area contributed by atoms with Crippen molar-refractivity contribution in [2.24, 2.45) is 0 Å². The molecule has 0 N–H and O–H groups in total. The van der Waals surface area contributed by atoms with Gasteiger partial charge in [0.25, 0.3) is 5.69 Å². The highest BCUT2D eigenvalue weighted by Crippen LogP contribution is 2.32. The third-order valence-corrected chi connectivity index (χ3v) is 3.38. The number of hydrogen-bond acceptors (Lipinski definition) is 4. The van der Waals surface area contributed by atoms with Crippen molar-refractivity contribution in [1.29, 1.82) is 0 Å². The summed E-state index contributed by atoms with van der Waals surface area (Å²) in [5.41, 5.74) is 0.823. The van der Waals surface area contributed by atoms with E-state index in [9.17, 15) is 10.1 Å². The van der Waals surface area contributed by atoms with Crippen LogP contribution in [0, 0.1) is 10.1 Å². The van der Waals surface area contributed by atoms with Gasteiger partial charge in [0, 0.05) is 25.2 Å². The molecule has 0 aromatic heterocycles. The number of hydrogen-bond donors (Lipinski definition) is 0. The van der Waals surface area contributed by atoms with Crippen molar-refractivity contribution in [3.63, 3.8) is 0 Å². The number of benzene rings is 1. The van der Waals surface area contributed by atoms with Crippen molar-refractivity contribution in [3.05, 3.63) is 46.0 Å². The Bertz CT molecular complexity index is 493. The van der Waals surface area contributed by atoms with Gasteiger partial charge in [-0.15, -0.1) is 6.58 Å². The van der Waals surface area contributed by atoms with Crippen LogP contribution in [0.4, 0.5) is 11.4 Å². The zero-order valence-electron chi connectivity index (χ0n) is 10.4. The van der Waals surface area contributed by atoms with E-state index < -0.39 is 4.92 Å². The number of halogens is 1. The molecule has 1 fully saturated rings. The molecule has 6 heteroatoms. The summed E-state index contributed by atoms with van der Waals surface area (Å²) in [6.45, 7) is 5.72. The summed E-state index contributed by atoms with van der Waals surface area (Å²) in [6.07, 6.45) is 2.80. The second-order valence-electron chi connectivity index (χ2n) is 4.37. The SMILES string of the molecule is C=CCOC1CCN(c2ccc([N+](=O)[O-])cc2Cl)C1. The first-order chi connectivity index (χ1) is 9.11. The average molecular weight is 283 g/mol. The third kappa shape index (κ3) is 3.24. The third-order valence-electron chi connectivity index (χ3n) is 3.08. The van der Waals surface area contributed by atoms with Gasteiger partial charge < -0.3 is 9.64 Å². The Morgan fingerprint density at radius 1 is 1.63 bits per heavy atom. The highest BCUT2D eigenvalue weighted by Gasteiger charge is 2.25. The van der Waals surface area contributed by atoms with Crippen molar-refractivity contribution >= 4 is 23.0 Å². The van der Waals surface area contributed by atoms with Gasteiger partial charge in [0.1, 0.15) is 0 Å². The van der Waals surface area contributed by atoms with Gasteiger partial charge in [-0.3, -0.25) is 10.1 Å². The molecule has 0 amide bonds. The second kappa shape index (κ2) is 6.04. The topological polar surface area (TPSA) is 55.6 Å². The smallest absolute Gasteiger partial charge is 0.271 e. The van der Waals surface area contributed by atoms with Crippen LogP contribution in [-0.4, -0.2) is 30.7 Å². The van der Waals surface area contributed by atoms with Gasteiger partial charge in [0.2, 0.25) is 0 Å². The average Bonchev–Trinajstić information content (AvgIpc) is 2.84. The van der Waals surface area contributed by atoms with E-state index in [1.165, 1.54) is 12.1 Å². The number of ether oxygens (including phenoxy) is 1. The van der Waals surface area contributed by atoms with Crippen molar-refractivity contribution in [2.75, 3.05) is 24.6 Å². The van der Waals surface area contributed by atoms with E-state index in [1.807, 2.05) is 0 Å². The van der Waals surface area contributed by atoms with Gasteiger partial charge in [-0.25, -0.2) is 0 Å². The molecule has 1 saturated heterocycles. The molecule has 0 aliphatic carbocycles. The summed E-state index contributed by atoms with van der Waals surface area (Å²) in [6, 6.07) is 4.55. The summed E-state index contributed by atoms with van der Waals surface area (Å²) in [4.78, 5) is 12.3. The van der Waals surface area contributed by atoms with Gasteiger partial charge >= 0.3 is 0 Å². The van der Waals surface area contributed by atoms with E-state index in [2.05, 4.69) is 11.5 Å². The maximum atomic E-state index is 10.7. The highest BCUT2D eigenvalue weighted by molar-refractivity contribution is 6.33. The zero-order chi connectivity index (χ0) is 13.8. The molecule has 1 atom stereocenters. The fraction of sp³-hybridized carbons (Fsp3) is 0.385. The molecule has 1 aromatic carbocycles. The lowest BCUT2D eigenvalue weighted by Crippen LogP contribution is -2.23. The lowest BCUT2D eigenvalue weighted by molar-refractivity contribution is -0.384. The van der Waals surface area contributed by atoms with E-state index >= 15 is 0 Å². The monoisotopic (exact) mass is 282 g/mol. The van der Waals surface area contributed by atoms with E-state index in [1.54, 1.807) is 12.1 Å². The molecule has 1 unspecified atom stereocenters. The molecular weight excluding hydrogens is 268 g/mol. The van der Waals surface area contributed by atoms with Crippen LogP contribution in [0.5, 0.6) is 0 Å². The molecule has 102 valence electrons. The van der Waals surface area contributed by atoms with E-state index in [0.29, 0.717) is 11.6 Å². The van der Waals surface area contributed by atoms with Gasteiger partial charge in [0.05, 0.1) is 28.3 Å². The first-order valence-corrected chi connectivity index (χ1v) is 6.41. The largest absolute Gasteiger partial charge is 0.372 e. The summed E-state index contributed by atoms with van der Waals surface area (Å²) in [5.74, 6) is 0. The zero-order valence-corrected chi connectivity index (χ0v) is 11.2. The molecule has 1 aliphatic heterocycles. The quantitative estimate of drug-likeness (QED) is 0.473. The Hall–Kier alpha value is -1.59. The first kappa shape index (κ1) is 13.8. The number of nitro groups is 1. The van der Waals surface area contributed by atoms with Crippen molar-refractivity contribution in [3.8, 4) is 0 Å². The minimum atomic E-state index is -0.449. The number of rotatable bonds is 5. The standard InChI is InChI=1S/C13H15ClN2O3/c1-2-7-19-11-5-6-15(9-11)13-4-3-10(16(17)18)8-12(13)14/h2-4,8,11H,1,5-7,9H2. The number of nitro benzene ring substituents is 1. The molecule has 0 radical (unpaired) electrons. The van der Waals surface area contributed by atoms with E-state index in [4.69, 9.17) is 16.3 Å². The molecule has 1 aromatic rings. The molecule has 1 heterocycles. The van der Waals surface area contributed by atoms with Crippen LogP contribution >= 0.6 is 11.6 Å². The summed E-state index contributed by atoms with van der Waals surface area (Å²) in [5, 5.41) is 11.1. The predicted molar refractivity (Wildman–Crippen MR) is 74.9 cm³/mol. The molecule has 0 saturated carbocycles.